The summed E-state index contributed by atoms with van der Waals surface area (Å²) >= 11 is 0. The highest BCUT2D eigenvalue weighted by atomic mass is 16.6. The average Bonchev–Trinajstić information content (AvgIpc) is 2.91. The molecule has 2 aromatic rings. The van der Waals surface area contributed by atoms with E-state index >= 15 is 0 Å². The Morgan fingerprint density at radius 1 is 1.62 bits per heavy atom. The Labute approximate surface area is 118 Å². The van der Waals surface area contributed by atoms with Gasteiger partial charge in [-0.05, 0) is 13.0 Å². The van der Waals surface area contributed by atoms with Crippen LogP contribution in [-0.2, 0) is 4.74 Å². The van der Waals surface area contributed by atoms with E-state index in [0.29, 0.717) is 0 Å². The van der Waals surface area contributed by atoms with Crippen LogP contribution >= 0.6 is 0 Å². The van der Waals surface area contributed by atoms with Gasteiger partial charge in [0.05, 0.1) is 12.0 Å². The second-order valence-electron chi connectivity index (χ2n) is 5.29. The minimum atomic E-state index is -1.65. The lowest BCUT2D eigenvalue weighted by Crippen LogP contribution is -2.44. The van der Waals surface area contributed by atoms with E-state index in [4.69, 9.17) is 10.5 Å². The SMILES string of the molecule is C[C@]1(O)[C@@H](O)[C@@H](CO)O[C@H]1n1ccc2c(=O)[nH]c(N)nc21. The standard InChI is InChI=1S/C12H16N4O5/c1-12(20)7(18)6(4-17)21-10(12)16-3-2-5-8(16)14-11(13)15-9(5)19/h2-3,6-7,10,17-18,20H,4H2,1H3,(H3,13,14,15,19)/t6-,7+,10-,12+/m1/s1. The summed E-state index contributed by atoms with van der Waals surface area (Å²) in [5, 5.41) is 29.9. The van der Waals surface area contributed by atoms with Gasteiger partial charge in [-0.2, -0.15) is 4.98 Å². The minimum absolute atomic E-state index is 0.0654. The number of hydrogen-bond acceptors (Lipinski definition) is 7. The lowest BCUT2D eigenvalue weighted by molar-refractivity contribution is -0.0948. The van der Waals surface area contributed by atoms with Crippen LogP contribution in [0.1, 0.15) is 13.2 Å². The molecule has 3 heterocycles. The van der Waals surface area contributed by atoms with E-state index in [1.807, 2.05) is 0 Å². The molecule has 3 rings (SSSR count). The second kappa shape index (κ2) is 4.53. The molecule has 9 heteroatoms. The number of aliphatic hydroxyl groups is 3. The van der Waals surface area contributed by atoms with Gasteiger partial charge in [0.1, 0.15) is 17.8 Å². The minimum Gasteiger partial charge on any atom is -0.394 e. The van der Waals surface area contributed by atoms with E-state index in [1.54, 1.807) is 0 Å². The van der Waals surface area contributed by atoms with Crippen molar-refractivity contribution in [2.45, 2.75) is 31.0 Å². The third-order valence-electron chi connectivity index (χ3n) is 3.79. The Morgan fingerprint density at radius 3 is 2.95 bits per heavy atom. The smallest absolute Gasteiger partial charge is 0.261 e. The van der Waals surface area contributed by atoms with Gasteiger partial charge in [0.2, 0.25) is 5.95 Å². The predicted molar refractivity (Wildman–Crippen MR) is 72.4 cm³/mol. The molecule has 1 saturated heterocycles. The molecule has 114 valence electrons. The van der Waals surface area contributed by atoms with Crippen LogP contribution in [-0.4, -0.2) is 54.3 Å². The molecule has 0 spiro atoms. The number of anilines is 1. The van der Waals surface area contributed by atoms with E-state index < -0.39 is 36.2 Å². The fourth-order valence-electron chi connectivity index (χ4n) is 2.64. The Morgan fingerprint density at radius 2 is 2.33 bits per heavy atom. The normalized spacial score (nSPS) is 32.9. The number of nitrogen functional groups attached to an aromatic ring is 1. The first kappa shape index (κ1) is 14.0. The molecule has 0 bridgehead atoms. The number of aliphatic hydroxyl groups excluding tert-OH is 2. The van der Waals surface area contributed by atoms with Gasteiger partial charge in [0.15, 0.2) is 11.9 Å². The highest BCUT2D eigenvalue weighted by molar-refractivity contribution is 5.76. The van der Waals surface area contributed by atoms with Crippen molar-refractivity contribution in [2.24, 2.45) is 0 Å². The van der Waals surface area contributed by atoms with Crippen molar-refractivity contribution in [3.8, 4) is 0 Å². The maximum Gasteiger partial charge on any atom is 0.261 e. The zero-order valence-electron chi connectivity index (χ0n) is 11.2. The fraction of sp³-hybridized carbons (Fsp3) is 0.500. The molecule has 0 saturated carbocycles. The van der Waals surface area contributed by atoms with Crippen molar-refractivity contribution >= 4 is 17.0 Å². The molecule has 9 nitrogen and oxygen atoms in total. The lowest BCUT2D eigenvalue weighted by Gasteiger charge is -2.27. The van der Waals surface area contributed by atoms with E-state index in [0.717, 1.165) is 0 Å². The second-order valence-corrected chi connectivity index (χ2v) is 5.29. The maximum absolute atomic E-state index is 11.8. The molecule has 0 aromatic carbocycles. The number of H-pyrrole nitrogens is 1. The van der Waals surface area contributed by atoms with Gasteiger partial charge >= 0.3 is 0 Å². The Kier molecular flexibility index (Phi) is 3.02. The quantitative estimate of drug-likeness (QED) is 0.444. The highest BCUT2D eigenvalue weighted by Crippen LogP contribution is 2.39. The molecule has 1 fully saturated rings. The molecular weight excluding hydrogens is 280 g/mol. The van der Waals surface area contributed by atoms with E-state index in [9.17, 15) is 20.1 Å². The summed E-state index contributed by atoms with van der Waals surface area (Å²) in [5.74, 6) is -0.0654. The molecule has 2 aromatic heterocycles. The lowest BCUT2D eigenvalue weighted by atomic mass is 9.96. The summed E-state index contributed by atoms with van der Waals surface area (Å²) in [5.41, 5.74) is 3.69. The number of ether oxygens (including phenoxy) is 1. The highest BCUT2D eigenvalue weighted by Gasteiger charge is 2.53. The van der Waals surface area contributed by atoms with Crippen molar-refractivity contribution in [2.75, 3.05) is 12.3 Å². The third-order valence-corrected chi connectivity index (χ3v) is 3.79. The first-order valence-corrected chi connectivity index (χ1v) is 6.39. The first-order chi connectivity index (χ1) is 9.86. The number of nitrogens with one attached hydrogen (secondary N) is 1. The van der Waals surface area contributed by atoms with Crippen LogP contribution < -0.4 is 11.3 Å². The Hall–Kier alpha value is -1.94. The summed E-state index contributed by atoms with van der Waals surface area (Å²) in [4.78, 5) is 18.2. The molecule has 0 aliphatic carbocycles. The number of fused-ring (bicyclic) bond motifs is 1. The summed E-state index contributed by atoms with van der Waals surface area (Å²) in [6, 6.07) is 1.51. The summed E-state index contributed by atoms with van der Waals surface area (Å²) < 4.78 is 6.91. The van der Waals surface area contributed by atoms with E-state index in [-0.39, 0.29) is 17.0 Å². The summed E-state index contributed by atoms with van der Waals surface area (Å²) in [6.07, 6.45) is -1.69. The molecule has 6 N–H and O–H groups in total. The molecule has 1 aliphatic rings. The predicted octanol–water partition coefficient (Wildman–Crippen LogP) is -1.69. The molecule has 0 amide bonds. The van der Waals surface area contributed by atoms with Crippen LogP contribution in [0.4, 0.5) is 5.95 Å². The maximum atomic E-state index is 11.8. The molecule has 0 unspecified atom stereocenters. The molecule has 21 heavy (non-hydrogen) atoms. The summed E-state index contributed by atoms with van der Waals surface area (Å²) in [6.45, 7) is 0.948. The van der Waals surface area contributed by atoms with E-state index in [2.05, 4.69) is 9.97 Å². The van der Waals surface area contributed by atoms with Gasteiger partial charge in [-0.25, -0.2) is 0 Å². The van der Waals surface area contributed by atoms with Crippen molar-refractivity contribution in [1.82, 2.24) is 14.5 Å². The largest absolute Gasteiger partial charge is 0.394 e. The topological polar surface area (TPSA) is 147 Å². The fourth-order valence-corrected chi connectivity index (χ4v) is 2.64. The zero-order valence-corrected chi connectivity index (χ0v) is 11.2. The van der Waals surface area contributed by atoms with Gasteiger partial charge in [-0.1, -0.05) is 0 Å². The van der Waals surface area contributed by atoms with Gasteiger partial charge < -0.3 is 30.4 Å². The summed E-state index contributed by atoms with van der Waals surface area (Å²) in [7, 11) is 0. The van der Waals surface area contributed by atoms with Crippen LogP contribution in [0.5, 0.6) is 0 Å². The number of rotatable bonds is 2. The number of aromatic amines is 1. The van der Waals surface area contributed by atoms with Crippen molar-refractivity contribution in [3.05, 3.63) is 22.6 Å². The van der Waals surface area contributed by atoms with Gasteiger partial charge in [-0.3, -0.25) is 9.78 Å². The van der Waals surface area contributed by atoms with Gasteiger partial charge in [-0.15, -0.1) is 0 Å². The number of hydrogen-bond donors (Lipinski definition) is 5. The van der Waals surface area contributed by atoms with Gasteiger partial charge in [0.25, 0.3) is 5.56 Å². The van der Waals surface area contributed by atoms with Crippen molar-refractivity contribution in [1.29, 1.82) is 0 Å². The van der Waals surface area contributed by atoms with E-state index in [1.165, 1.54) is 23.8 Å². The number of nitrogens with two attached hydrogens (primary N) is 1. The Balaban J connectivity index is 2.15. The van der Waals surface area contributed by atoms with Crippen molar-refractivity contribution in [3.63, 3.8) is 0 Å². The molecular formula is C12H16N4O5. The zero-order chi connectivity index (χ0) is 15.4. The molecule has 1 aliphatic heterocycles. The van der Waals surface area contributed by atoms with Gasteiger partial charge in [0, 0.05) is 6.20 Å². The van der Waals surface area contributed by atoms with Crippen LogP contribution in [0.15, 0.2) is 17.1 Å². The first-order valence-electron chi connectivity index (χ1n) is 6.39. The van der Waals surface area contributed by atoms with Crippen LogP contribution in [0, 0.1) is 0 Å². The van der Waals surface area contributed by atoms with Crippen LogP contribution in [0.25, 0.3) is 11.0 Å². The van der Waals surface area contributed by atoms with Crippen LogP contribution in [0.2, 0.25) is 0 Å². The number of aromatic nitrogens is 3. The molecule has 0 radical (unpaired) electrons. The average molecular weight is 296 g/mol. The third kappa shape index (κ3) is 1.94. The van der Waals surface area contributed by atoms with Crippen LogP contribution in [0.3, 0.4) is 0 Å². The Bertz CT molecular complexity index is 737. The van der Waals surface area contributed by atoms with Crippen molar-refractivity contribution < 1.29 is 20.1 Å². The monoisotopic (exact) mass is 296 g/mol. The number of nitrogens with zero attached hydrogens (tertiary/aromatic N) is 2. The molecule has 4 atom stereocenters.